The van der Waals surface area contributed by atoms with E-state index in [1.165, 1.54) is 22.0 Å². The van der Waals surface area contributed by atoms with E-state index in [1.807, 2.05) is 4.90 Å². The summed E-state index contributed by atoms with van der Waals surface area (Å²) in [4.78, 5) is 18.1. The molecule has 3 aromatic carbocycles. The van der Waals surface area contributed by atoms with E-state index in [-0.39, 0.29) is 5.91 Å². The number of nitrogens with zero attached hydrogens (tertiary/aromatic N) is 2. The van der Waals surface area contributed by atoms with Crippen LogP contribution in [0, 0.1) is 6.92 Å². The van der Waals surface area contributed by atoms with Crippen molar-refractivity contribution in [1.29, 1.82) is 0 Å². The van der Waals surface area contributed by atoms with E-state index >= 15 is 0 Å². The van der Waals surface area contributed by atoms with Gasteiger partial charge < -0.3 is 9.80 Å². The number of benzene rings is 3. The Balaban J connectivity index is 1.31. The van der Waals surface area contributed by atoms with Gasteiger partial charge in [-0.05, 0) is 47.5 Å². The van der Waals surface area contributed by atoms with E-state index in [0.29, 0.717) is 5.75 Å². The van der Waals surface area contributed by atoms with Crippen molar-refractivity contribution >= 4 is 34.1 Å². The lowest BCUT2D eigenvalue weighted by molar-refractivity contribution is -0.128. The predicted molar refractivity (Wildman–Crippen MR) is 115 cm³/mol. The molecule has 1 heterocycles. The number of fused-ring (bicyclic) bond motifs is 1. The molecule has 0 unspecified atom stereocenters. The lowest BCUT2D eigenvalue weighted by Gasteiger charge is -2.36. The van der Waals surface area contributed by atoms with Crippen molar-refractivity contribution < 1.29 is 4.79 Å². The van der Waals surface area contributed by atoms with Crippen LogP contribution >= 0.6 is 11.8 Å². The molecule has 1 aliphatic heterocycles. The topological polar surface area (TPSA) is 23.6 Å². The molecule has 0 aromatic heterocycles. The van der Waals surface area contributed by atoms with Crippen molar-refractivity contribution in [3.8, 4) is 0 Å². The highest BCUT2D eigenvalue weighted by Gasteiger charge is 2.21. The fourth-order valence-corrected chi connectivity index (χ4v) is 4.38. The first-order chi connectivity index (χ1) is 13.2. The summed E-state index contributed by atoms with van der Waals surface area (Å²) in [6, 6.07) is 23.3. The molecule has 1 amide bonds. The average Bonchev–Trinajstić information content (AvgIpc) is 2.72. The summed E-state index contributed by atoms with van der Waals surface area (Å²) in [5.41, 5.74) is 2.53. The molecule has 1 aliphatic rings. The minimum absolute atomic E-state index is 0.233. The summed E-state index contributed by atoms with van der Waals surface area (Å²) >= 11 is 1.63. The third-order valence-electron chi connectivity index (χ3n) is 5.08. The Labute approximate surface area is 165 Å². The van der Waals surface area contributed by atoms with Crippen LogP contribution in [-0.4, -0.2) is 42.7 Å². The maximum absolute atomic E-state index is 12.6. The minimum atomic E-state index is 0.233. The number of aryl methyl sites for hydroxylation is 1. The van der Waals surface area contributed by atoms with E-state index in [1.54, 1.807) is 11.8 Å². The van der Waals surface area contributed by atoms with Crippen molar-refractivity contribution in [2.75, 3.05) is 36.8 Å². The number of hydrogen-bond donors (Lipinski definition) is 0. The highest BCUT2D eigenvalue weighted by atomic mass is 32.2. The van der Waals surface area contributed by atoms with Gasteiger partial charge in [-0.25, -0.2) is 0 Å². The zero-order chi connectivity index (χ0) is 18.6. The Morgan fingerprint density at radius 3 is 2.44 bits per heavy atom. The summed E-state index contributed by atoms with van der Waals surface area (Å²) in [7, 11) is 0. The van der Waals surface area contributed by atoms with Crippen LogP contribution in [0.25, 0.3) is 10.8 Å². The van der Waals surface area contributed by atoms with Gasteiger partial charge in [0.05, 0.1) is 5.75 Å². The summed E-state index contributed by atoms with van der Waals surface area (Å²) < 4.78 is 0. The van der Waals surface area contributed by atoms with Gasteiger partial charge in [0.15, 0.2) is 0 Å². The maximum Gasteiger partial charge on any atom is 0.233 e. The fourth-order valence-electron chi connectivity index (χ4n) is 3.53. The molecule has 0 radical (unpaired) electrons. The number of anilines is 1. The molecule has 3 aromatic rings. The SMILES string of the molecule is Cc1cccc(N2CCN(C(=O)CSc3ccc4ccccc4c3)CC2)c1. The second kappa shape index (κ2) is 8.05. The quantitative estimate of drug-likeness (QED) is 0.622. The Hall–Kier alpha value is -2.46. The molecule has 1 saturated heterocycles. The third-order valence-corrected chi connectivity index (χ3v) is 6.06. The van der Waals surface area contributed by atoms with E-state index in [9.17, 15) is 4.79 Å². The molecule has 4 heteroatoms. The van der Waals surface area contributed by atoms with Crippen molar-refractivity contribution in [3.63, 3.8) is 0 Å². The van der Waals surface area contributed by atoms with Crippen LogP contribution in [0.5, 0.6) is 0 Å². The number of hydrogen-bond acceptors (Lipinski definition) is 3. The zero-order valence-corrected chi connectivity index (χ0v) is 16.4. The molecular weight excluding hydrogens is 352 g/mol. The van der Waals surface area contributed by atoms with Gasteiger partial charge >= 0.3 is 0 Å². The fraction of sp³-hybridized carbons (Fsp3) is 0.261. The van der Waals surface area contributed by atoms with Crippen LogP contribution in [0.2, 0.25) is 0 Å². The third kappa shape index (κ3) is 4.28. The second-order valence-electron chi connectivity index (χ2n) is 7.00. The van der Waals surface area contributed by atoms with Crippen molar-refractivity contribution in [3.05, 3.63) is 72.3 Å². The number of thioether (sulfide) groups is 1. The molecule has 3 nitrogen and oxygen atoms in total. The maximum atomic E-state index is 12.6. The van der Waals surface area contributed by atoms with Crippen molar-refractivity contribution in [2.24, 2.45) is 0 Å². The van der Waals surface area contributed by atoms with E-state index in [4.69, 9.17) is 0 Å². The monoisotopic (exact) mass is 376 g/mol. The van der Waals surface area contributed by atoms with Crippen LogP contribution in [-0.2, 0) is 4.79 Å². The highest BCUT2D eigenvalue weighted by molar-refractivity contribution is 8.00. The summed E-state index contributed by atoms with van der Waals surface area (Å²) in [6.45, 7) is 5.51. The lowest BCUT2D eigenvalue weighted by atomic mass is 10.1. The molecule has 0 saturated carbocycles. The number of rotatable bonds is 4. The first-order valence-corrected chi connectivity index (χ1v) is 10.4. The molecule has 27 heavy (non-hydrogen) atoms. The van der Waals surface area contributed by atoms with Crippen molar-refractivity contribution in [2.45, 2.75) is 11.8 Å². The van der Waals surface area contributed by atoms with Crippen LogP contribution < -0.4 is 4.90 Å². The zero-order valence-electron chi connectivity index (χ0n) is 15.6. The first kappa shape index (κ1) is 17.9. The smallest absolute Gasteiger partial charge is 0.233 e. The highest BCUT2D eigenvalue weighted by Crippen LogP contribution is 2.24. The standard InChI is InChI=1S/C23H24N2OS/c1-18-5-4-8-21(15-18)24-11-13-25(14-12-24)23(26)17-27-22-10-9-19-6-2-3-7-20(19)16-22/h2-10,15-16H,11-14,17H2,1H3. The van der Waals surface area contributed by atoms with Gasteiger partial charge in [0, 0.05) is 36.8 Å². The second-order valence-corrected chi connectivity index (χ2v) is 8.05. The summed E-state index contributed by atoms with van der Waals surface area (Å²) in [6.07, 6.45) is 0. The minimum Gasteiger partial charge on any atom is -0.368 e. The molecule has 0 N–H and O–H groups in total. The van der Waals surface area contributed by atoms with Crippen LogP contribution in [0.1, 0.15) is 5.56 Å². The molecule has 0 aliphatic carbocycles. The van der Waals surface area contributed by atoms with E-state index < -0.39 is 0 Å². The lowest BCUT2D eigenvalue weighted by Crippen LogP contribution is -2.49. The summed E-state index contributed by atoms with van der Waals surface area (Å²) in [5, 5.41) is 2.46. The normalized spacial score (nSPS) is 14.6. The van der Waals surface area contributed by atoms with Gasteiger partial charge in [-0.15, -0.1) is 11.8 Å². The van der Waals surface area contributed by atoms with Crippen LogP contribution in [0.4, 0.5) is 5.69 Å². The first-order valence-electron chi connectivity index (χ1n) is 9.40. The molecular formula is C23H24N2OS. The molecule has 0 spiro atoms. The summed E-state index contributed by atoms with van der Waals surface area (Å²) in [5.74, 6) is 0.736. The van der Waals surface area contributed by atoms with Gasteiger partial charge in [-0.1, -0.05) is 42.5 Å². The molecule has 1 fully saturated rings. The van der Waals surface area contributed by atoms with Gasteiger partial charge in [-0.2, -0.15) is 0 Å². The molecule has 0 atom stereocenters. The van der Waals surface area contributed by atoms with E-state index in [2.05, 4.69) is 78.6 Å². The molecule has 138 valence electrons. The Morgan fingerprint density at radius 2 is 1.67 bits per heavy atom. The number of carbonyl (C=O) groups excluding carboxylic acids is 1. The Kier molecular flexibility index (Phi) is 5.35. The van der Waals surface area contributed by atoms with Gasteiger partial charge in [0.2, 0.25) is 5.91 Å². The largest absolute Gasteiger partial charge is 0.368 e. The molecule has 0 bridgehead atoms. The van der Waals surface area contributed by atoms with Crippen LogP contribution in [0.15, 0.2) is 71.6 Å². The molecule has 4 rings (SSSR count). The van der Waals surface area contributed by atoms with E-state index in [0.717, 1.165) is 31.1 Å². The van der Waals surface area contributed by atoms with Gasteiger partial charge in [0.25, 0.3) is 0 Å². The Bertz CT molecular complexity index is 948. The number of amides is 1. The number of carbonyl (C=O) groups is 1. The van der Waals surface area contributed by atoms with Gasteiger partial charge in [0.1, 0.15) is 0 Å². The average molecular weight is 377 g/mol. The Morgan fingerprint density at radius 1 is 0.889 bits per heavy atom. The predicted octanol–water partition coefficient (Wildman–Crippen LogP) is 4.59. The van der Waals surface area contributed by atoms with Crippen LogP contribution in [0.3, 0.4) is 0 Å². The van der Waals surface area contributed by atoms with Crippen molar-refractivity contribution in [1.82, 2.24) is 4.90 Å². The number of piperazine rings is 1. The van der Waals surface area contributed by atoms with Gasteiger partial charge in [-0.3, -0.25) is 4.79 Å².